The Labute approximate surface area is 182 Å². The number of hydrogen-bond donors (Lipinski definition) is 0. The molecule has 0 N–H and O–H groups in total. The largest absolute Gasteiger partial charge is 0.496 e. The van der Waals surface area contributed by atoms with Crippen LogP contribution in [0, 0.1) is 0 Å². The number of aromatic nitrogens is 4. The van der Waals surface area contributed by atoms with Crippen molar-refractivity contribution >= 4 is 33.6 Å². The van der Waals surface area contributed by atoms with Crippen molar-refractivity contribution in [1.82, 2.24) is 19.2 Å². The quantitative estimate of drug-likeness (QED) is 0.373. The predicted octanol–water partition coefficient (Wildman–Crippen LogP) is 4.80. The molecule has 5 rings (SSSR count). The van der Waals surface area contributed by atoms with E-state index < -0.39 is 5.97 Å². The van der Waals surface area contributed by atoms with Crippen LogP contribution in [0.1, 0.15) is 17.5 Å². The molecule has 4 aromatic heterocycles. The van der Waals surface area contributed by atoms with E-state index in [1.54, 1.807) is 30.1 Å². The van der Waals surface area contributed by atoms with E-state index >= 15 is 0 Å². The summed E-state index contributed by atoms with van der Waals surface area (Å²) >= 11 is 1.58. The molecular weight excluding hydrogens is 412 g/mol. The molecule has 4 heterocycles. The highest BCUT2D eigenvalue weighted by Crippen LogP contribution is 2.39. The van der Waals surface area contributed by atoms with E-state index in [1.165, 1.54) is 0 Å². The molecule has 0 unspecified atom stereocenters. The number of ether oxygens (including phenoxy) is 2. The Morgan fingerprint density at radius 2 is 2.13 bits per heavy atom. The van der Waals surface area contributed by atoms with Gasteiger partial charge >= 0.3 is 5.97 Å². The number of esters is 1. The number of benzene rings is 1. The average molecular weight is 433 g/mol. The van der Waals surface area contributed by atoms with Crippen LogP contribution in [-0.2, 0) is 11.8 Å². The topological polar surface area (TPSA) is 70.6 Å². The minimum absolute atomic E-state index is 0.265. The molecule has 0 aliphatic rings. The lowest BCUT2D eigenvalue weighted by atomic mass is 10.0. The number of rotatable bonds is 5. The summed E-state index contributed by atoms with van der Waals surface area (Å²) in [7, 11) is 3.54. The standard InChI is InChI=1S/C23H20N4O3S/c1-4-30-23(28)22-25-20(19-6-5-9-31-19)21-17-11-16(15-12-24-26(2)13-15)18(29-3)10-14(17)7-8-27(21)22/h5-13H,4H2,1-3H3. The maximum Gasteiger partial charge on any atom is 0.374 e. The van der Waals surface area contributed by atoms with Crippen molar-refractivity contribution < 1.29 is 14.3 Å². The Hall–Kier alpha value is -3.65. The second-order valence-electron chi connectivity index (χ2n) is 7.06. The van der Waals surface area contributed by atoms with Crippen LogP contribution in [0.4, 0.5) is 0 Å². The molecule has 0 aliphatic heterocycles. The monoisotopic (exact) mass is 432 g/mol. The van der Waals surface area contributed by atoms with Gasteiger partial charge in [-0.2, -0.15) is 5.10 Å². The zero-order valence-electron chi connectivity index (χ0n) is 17.3. The van der Waals surface area contributed by atoms with Crippen LogP contribution in [0.25, 0.3) is 38.0 Å². The summed E-state index contributed by atoms with van der Waals surface area (Å²) < 4.78 is 14.5. The van der Waals surface area contributed by atoms with Crippen molar-refractivity contribution in [2.24, 2.45) is 7.05 Å². The Morgan fingerprint density at radius 3 is 2.81 bits per heavy atom. The van der Waals surface area contributed by atoms with Crippen molar-refractivity contribution in [2.75, 3.05) is 13.7 Å². The van der Waals surface area contributed by atoms with Crippen LogP contribution in [0.2, 0.25) is 0 Å². The molecule has 0 bridgehead atoms. The number of pyridine rings is 1. The van der Waals surface area contributed by atoms with Gasteiger partial charge < -0.3 is 9.47 Å². The predicted molar refractivity (Wildman–Crippen MR) is 121 cm³/mol. The van der Waals surface area contributed by atoms with E-state index in [-0.39, 0.29) is 12.4 Å². The number of thiophene rings is 1. The Kier molecular flexibility index (Phi) is 4.71. The smallest absolute Gasteiger partial charge is 0.374 e. The third-order valence-corrected chi connectivity index (χ3v) is 6.05. The number of fused-ring (bicyclic) bond motifs is 3. The van der Waals surface area contributed by atoms with E-state index in [0.29, 0.717) is 0 Å². The first kappa shape index (κ1) is 19.3. The van der Waals surface area contributed by atoms with Gasteiger partial charge in [0.05, 0.1) is 30.3 Å². The third kappa shape index (κ3) is 3.16. The van der Waals surface area contributed by atoms with E-state index in [1.807, 2.05) is 59.7 Å². The van der Waals surface area contributed by atoms with Crippen LogP contribution in [0.3, 0.4) is 0 Å². The van der Waals surface area contributed by atoms with E-state index in [9.17, 15) is 4.79 Å². The molecule has 0 atom stereocenters. The summed E-state index contributed by atoms with van der Waals surface area (Å²) in [5, 5.41) is 8.26. The molecule has 8 heteroatoms. The van der Waals surface area contributed by atoms with Crippen molar-refractivity contribution in [3.63, 3.8) is 0 Å². The normalized spacial score (nSPS) is 11.3. The van der Waals surface area contributed by atoms with Gasteiger partial charge in [-0.05, 0) is 42.0 Å². The third-order valence-electron chi connectivity index (χ3n) is 5.17. The number of aryl methyl sites for hydroxylation is 1. The number of methoxy groups -OCH3 is 1. The summed E-state index contributed by atoms with van der Waals surface area (Å²) in [6.07, 6.45) is 5.62. The van der Waals surface area contributed by atoms with E-state index in [2.05, 4.69) is 11.2 Å². The van der Waals surface area contributed by atoms with Gasteiger partial charge in [-0.25, -0.2) is 9.78 Å². The molecule has 0 spiro atoms. The molecule has 0 aliphatic carbocycles. The molecule has 5 aromatic rings. The minimum Gasteiger partial charge on any atom is -0.496 e. The molecule has 0 fully saturated rings. The van der Waals surface area contributed by atoms with Crippen molar-refractivity contribution in [3.8, 4) is 27.4 Å². The number of imidazole rings is 1. The number of carbonyl (C=O) groups excluding carboxylic acids is 1. The van der Waals surface area contributed by atoms with Gasteiger partial charge in [0, 0.05) is 36.0 Å². The maximum atomic E-state index is 12.6. The Morgan fingerprint density at radius 1 is 1.26 bits per heavy atom. The first-order valence-corrected chi connectivity index (χ1v) is 10.7. The van der Waals surface area contributed by atoms with Crippen LogP contribution in [-0.4, -0.2) is 38.9 Å². The highest BCUT2D eigenvalue weighted by Gasteiger charge is 2.22. The number of hydrogen-bond acceptors (Lipinski definition) is 6. The minimum atomic E-state index is -0.444. The number of carbonyl (C=O) groups is 1. The first-order chi connectivity index (χ1) is 15.1. The van der Waals surface area contributed by atoms with Crippen molar-refractivity contribution in [1.29, 1.82) is 0 Å². The van der Waals surface area contributed by atoms with Gasteiger partial charge in [-0.15, -0.1) is 11.3 Å². The summed E-state index contributed by atoms with van der Waals surface area (Å²) in [5.74, 6) is 0.578. The van der Waals surface area contributed by atoms with Crippen LogP contribution in [0.15, 0.2) is 54.3 Å². The maximum absolute atomic E-state index is 12.6. The molecule has 0 saturated carbocycles. The summed E-state index contributed by atoms with van der Waals surface area (Å²) in [6.45, 7) is 2.08. The highest BCUT2D eigenvalue weighted by atomic mass is 32.1. The second-order valence-corrected chi connectivity index (χ2v) is 8.01. The lowest BCUT2D eigenvalue weighted by Crippen LogP contribution is -2.09. The van der Waals surface area contributed by atoms with Crippen molar-refractivity contribution in [3.05, 3.63) is 60.1 Å². The SMILES string of the molecule is CCOC(=O)c1nc(-c2cccs2)c2c3cc(-c4cnn(C)c4)c(OC)cc3ccn12. The molecular formula is C23H20N4O3S. The van der Waals surface area contributed by atoms with Crippen LogP contribution < -0.4 is 4.74 Å². The fourth-order valence-electron chi connectivity index (χ4n) is 3.81. The van der Waals surface area contributed by atoms with Gasteiger partial charge in [0.25, 0.3) is 0 Å². The van der Waals surface area contributed by atoms with E-state index in [0.717, 1.165) is 43.7 Å². The van der Waals surface area contributed by atoms with Gasteiger partial charge in [0.2, 0.25) is 5.82 Å². The molecule has 0 amide bonds. The van der Waals surface area contributed by atoms with Gasteiger partial charge in [0.1, 0.15) is 11.4 Å². The Balaban J connectivity index is 1.87. The number of nitrogens with zero attached hydrogens (tertiary/aromatic N) is 4. The molecule has 0 saturated heterocycles. The molecule has 1 aromatic carbocycles. The summed E-state index contributed by atoms with van der Waals surface area (Å²) in [5.41, 5.74) is 3.49. The van der Waals surface area contributed by atoms with Gasteiger partial charge in [0.15, 0.2) is 0 Å². The van der Waals surface area contributed by atoms with Crippen molar-refractivity contribution in [2.45, 2.75) is 6.92 Å². The van der Waals surface area contributed by atoms with Gasteiger partial charge in [-0.3, -0.25) is 9.08 Å². The fourth-order valence-corrected chi connectivity index (χ4v) is 4.52. The lowest BCUT2D eigenvalue weighted by molar-refractivity contribution is 0.0511. The second kappa shape index (κ2) is 7.55. The van der Waals surface area contributed by atoms with E-state index in [4.69, 9.17) is 14.5 Å². The molecule has 0 radical (unpaired) electrons. The average Bonchev–Trinajstić information content (AvgIpc) is 3.52. The Bertz CT molecular complexity index is 1420. The summed E-state index contributed by atoms with van der Waals surface area (Å²) in [6, 6.07) is 10.0. The fraction of sp³-hybridized carbons (Fsp3) is 0.174. The first-order valence-electron chi connectivity index (χ1n) is 9.83. The van der Waals surface area contributed by atoms with Gasteiger partial charge in [-0.1, -0.05) is 6.07 Å². The molecule has 31 heavy (non-hydrogen) atoms. The summed E-state index contributed by atoms with van der Waals surface area (Å²) in [4.78, 5) is 18.3. The lowest BCUT2D eigenvalue weighted by Gasteiger charge is -2.11. The van der Waals surface area contributed by atoms with Crippen LogP contribution in [0.5, 0.6) is 5.75 Å². The highest BCUT2D eigenvalue weighted by molar-refractivity contribution is 7.13. The zero-order chi connectivity index (χ0) is 21.5. The zero-order valence-corrected chi connectivity index (χ0v) is 18.1. The molecule has 156 valence electrons. The molecule has 7 nitrogen and oxygen atoms in total. The van der Waals surface area contributed by atoms with Crippen LogP contribution >= 0.6 is 11.3 Å².